The maximum atomic E-state index is 5.47. The van der Waals surface area contributed by atoms with Gasteiger partial charge in [-0.2, -0.15) is 0 Å². The maximum Gasteiger partial charge on any atom is 0.0699 e. The second-order valence-corrected chi connectivity index (χ2v) is 3.13. The van der Waals surface area contributed by atoms with E-state index in [1.54, 1.807) is 0 Å². The smallest absolute Gasteiger partial charge is 0.0699 e. The van der Waals surface area contributed by atoms with Crippen molar-refractivity contribution in [3.8, 4) is 0 Å². The zero-order valence-electron chi connectivity index (χ0n) is 5.77. The van der Waals surface area contributed by atoms with Crippen LogP contribution in [0.15, 0.2) is 0 Å². The molecule has 0 heterocycles. The van der Waals surface area contributed by atoms with Gasteiger partial charge in [0.2, 0.25) is 0 Å². The number of hydrogen-bond acceptors (Lipinski definition) is 1. The summed E-state index contributed by atoms with van der Waals surface area (Å²) in [6.07, 6.45) is 3.24. The SMILES string of the molecule is CCO[C@H](CBr)C1CC1. The lowest BCUT2D eigenvalue weighted by atomic mass is 10.3. The highest BCUT2D eigenvalue weighted by molar-refractivity contribution is 9.09. The number of alkyl halides is 1. The molecule has 1 atom stereocenters. The van der Waals surface area contributed by atoms with E-state index in [-0.39, 0.29) is 0 Å². The van der Waals surface area contributed by atoms with Crippen LogP contribution in [0.25, 0.3) is 0 Å². The van der Waals surface area contributed by atoms with Gasteiger partial charge in [-0.25, -0.2) is 0 Å². The van der Waals surface area contributed by atoms with E-state index in [9.17, 15) is 0 Å². The van der Waals surface area contributed by atoms with Gasteiger partial charge in [-0.1, -0.05) is 15.9 Å². The molecule has 0 spiro atoms. The number of hydrogen-bond donors (Lipinski definition) is 0. The van der Waals surface area contributed by atoms with Gasteiger partial charge >= 0.3 is 0 Å². The summed E-state index contributed by atoms with van der Waals surface area (Å²) in [4.78, 5) is 0. The van der Waals surface area contributed by atoms with Gasteiger partial charge in [0, 0.05) is 11.9 Å². The van der Waals surface area contributed by atoms with Crippen LogP contribution in [-0.2, 0) is 4.74 Å². The molecule has 1 saturated carbocycles. The number of halogens is 1. The minimum atomic E-state index is 0.495. The Labute approximate surface area is 64.9 Å². The Hall–Kier alpha value is 0.440. The van der Waals surface area contributed by atoms with Gasteiger partial charge < -0.3 is 4.74 Å². The Morgan fingerprint density at radius 3 is 2.67 bits per heavy atom. The highest BCUT2D eigenvalue weighted by atomic mass is 79.9. The molecule has 0 aromatic rings. The second kappa shape index (κ2) is 3.57. The minimum Gasteiger partial charge on any atom is -0.377 e. The molecule has 2 heteroatoms. The molecule has 1 fully saturated rings. The predicted molar refractivity (Wildman–Crippen MR) is 41.9 cm³/mol. The maximum absolute atomic E-state index is 5.47. The second-order valence-electron chi connectivity index (χ2n) is 2.49. The summed E-state index contributed by atoms with van der Waals surface area (Å²) in [5.74, 6) is 0.865. The lowest BCUT2D eigenvalue weighted by Crippen LogP contribution is -2.16. The van der Waals surface area contributed by atoms with Crippen molar-refractivity contribution in [2.24, 2.45) is 5.92 Å². The van der Waals surface area contributed by atoms with E-state index in [0.717, 1.165) is 17.9 Å². The average molecular weight is 193 g/mol. The topological polar surface area (TPSA) is 9.23 Å². The molecule has 9 heavy (non-hydrogen) atoms. The molecule has 1 nitrogen and oxygen atoms in total. The molecular formula is C7H13BrO. The van der Waals surface area contributed by atoms with E-state index in [2.05, 4.69) is 22.9 Å². The molecule has 0 unspecified atom stereocenters. The van der Waals surface area contributed by atoms with E-state index in [1.807, 2.05) is 0 Å². The Morgan fingerprint density at radius 1 is 1.67 bits per heavy atom. The highest BCUT2D eigenvalue weighted by Gasteiger charge is 2.30. The van der Waals surface area contributed by atoms with Crippen molar-refractivity contribution < 1.29 is 4.74 Å². The fourth-order valence-electron chi connectivity index (χ4n) is 0.989. The average Bonchev–Trinajstić information content (AvgIpc) is 2.64. The van der Waals surface area contributed by atoms with Crippen LogP contribution >= 0.6 is 15.9 Å². The molecule has 0 amide bonds. The largest absolute Gasteiger partial charge is 0.377 e. The van der Waals surface area contributed by atoms with Gasteiger partial charge in [0.1, 0.15) is 0 Å². The molecule has 0 aliphatic heterocycles. The van der Waals surface area contributed by atoms with Gasteiger partial charge in [-0.05, 0) is 25.7 Å². The van der Waals surface area contributed by atoms with Crippen LogP contribution in [0.5, 0.6) is 0 Å². The first-order chi connectivity index (χ1) is 4.38. The third-order valence-corrected chi connectivity index (χ3v) is 2.32. The van der Waals surface area contributed by atoms with Crippen molar-refractivity contribution >= 4 is 15.9 Å². The number of ether oxygens (including phenoxy) is 1. The Kier molecular flexibility index (Phi) is 2.99. The zero-order valence-corrected chi connectivity index (χ0v) is 7.36. The fraction of sp³-hybridized carbons (Fsp3) is 1.00. The van der Waals surface area contributed by atoms with E-state index < -0.39 is 0 Å². The van der Waals surface area contributed by atoms with Gasteiger partial charge in [-0.3, -0.25) is 0 Å². The molecule has 0 radical (unpaired) electrons. The van der Waals surface area contributed by atoms with Gasteiger partial charge in [0.25, 0.3) is 0 Å². The van der Waals surface area contributed by atoms with E-state index in [4.69, 9.17) is 4.74 Å². The molecule has 1 aliphatic rings. The molecule has 0 bridgehead atoms. The fourth-order valence-corrected chi connectivity index (χ4v) is 1.70. The Morgan fingerprint density at radius 2 is 2.33 bits per heavy atom. The molecule has 0 N–H and O–H groups in total. The molecule has 1 rings (SSSR count). The van der Waals surface area contributed by atoms with Crippen LogP contribution in [0.3, 0.4) is 0 Å². The lowest BCUT2D eigenvalue weighted by molar-refractivity contribution is 0.0652. The van der Waals surface area contributed by atoms with Crippen LogP contribution in [0.1, 0.15) is 19.8 Å². The van der Waals surface area contributed by atoms with Gasteiger partial charge in [0.15, 0.2) is 0 Å². The third-order valence-electron chi connectivity index (χ3n) is 1.68. The summed E-state index contributed by atoms with van der Waals surface area (Å²) in [7, 11) is 0. The van der Waals surface area contributed by atoms with E-state index >= 15 is 0 Å². The van der Waals surface area contributed by atoms with Crippen molar-refractivity contribution in [1.82, 2.24) is 0 Å². The van der Waals surface area contributed by atoms with Crippen molar-refractivity contribution in [3.05, 3.63) is 0 Å². The van der Waals surface area contributed by atoms with E-state index in [1.165, 1.54) is 12.8 Å². The summed E-state index contributed by atoms with van der Waals surface area (Å²) < 4.78 is 5.47. The molecule has 0 aromatic carbocycles. The van der Waals surface area contributed by atoms with Gasteiger partial charge in [0.05, 0.1) is 6.10 Å². The highest BCUT2D eigenvalue weighted by Crippen LogP contribution is 2.34. The van der Waals surface area contributed by atoms with Crippen molar-refractivity contribution in [2.75, 3.05) is 11.9 Å². The summed E-state index contributed by atoms with van der Waals surface area (Å²) in [5, 5.41) is 1.01. The number of rotatable bonds is 4. The normalized spacial score (nSPS) is 22.0. The first-order valence-electron chi connectivity index (χ1n) is 3.56. The zero-order chi connectivity index (χ0) is 6.69. The molecule has 54 valence electrons. The third kappa shape index (κ3) is 2.26. The lowest BCUT2D eigenvalue weighted by Gasteiger charge is -2.11. The van der Waals surface area contributed by atoms with Crippen molar-refractivity contribution in [1.29, 1.82) is 0 Å². The quantitative estimate of drug-likeness (QED) is 0.622. The first-order valence-corrected chi connectivity index (χ1v) is 4.68. The monoisotopic (exact) mass is 192 g/mol. The molecular weight excluding hydrogens is 180 g/mol. The van der Waals surface area contributed by atoms with Crippen molar-refractivity contribution in [2.45, 2.75) is 25.9 Å². The minimum absolute atomic E-state index is 0.495. The molecule has 1 aliphatic carbocycles. The molecule has 0 saturated heterocycles. The summed E-state index contributed by atoms with van der Waals surface area (Å²) in [6.45, 7) is 2.91. The standard InChI is InChI=1S/C7H13BrO/c1-2-9-7(5-8)6-3-4-6/h6-7H,2-5H2,1H3/t7-/m1/s1. The van der Waals surface area contributed by atoms with Crippen LogP contribution in [0.4, 0.5) is 0 Å². The summed E-state index contributed by atoms with van der Waals surface area (Å²) >= 11 is 3.43. The Balaban J connectivity index is 2.12. The van der Waals surface area contributed by atoms with Gasteiger partial charge in [-0.15, -0.1) is 0 Å². The summed E-state index contributed by atoms with van der Waals surface area (Å²) in [6, 6.07) is 0. The summed E-state index contributed by atoms with van der Waals surface area (Å²) in [5.41, 5.74) is 0. The van der Waals surface area contributed by atoms with E-state index in [0.29, 0.717) is 6.10 Å². The first kappa shape index (κ1) is 7.55. The Bertz CT molecular complexity index is 81.0. The van der Waals surface area contributed by atoms with Crippen molar-refractivity contribution in [3.63, 3.8) is 0 Å². The predicted octanol–water partition coefficient (Wildman–Crippen LogP) is 2.20. The van der Waals surface area contributed by atoms with Crippen LogP contribution in [-0.4, -0.2) is 18.0 Å². The van der Waals surface area contributed by atoms with Crippen LogP contribution in [0.2, 0.25) is 0 Å². The molecule has 0 aromatic heterocycles. The van der Waals surface area contributed by atoms with Crippen LogP contribution < -0.4 is 0 Å². The van der Waals surface area contributed by atoms with Crippen LogP contribution in [0, 0.1) is 5.92 Å².